The average Bonchev–Trinajstić information content (AvgIpc) is 2.40. The summed E-state index contributed by atoms with van der Waals surface area (Å²) in [5.74, 6) is 0.602. The molecule has 0 spiro atoms. The van der Waals surface area contributed by atoms with Gasteiger partial charge in [-0.25, -0.2) is 4.68 Å². The SMILES string of the molecule is CCCn1ncc(NC(C)C(CC)CC)c(Br)c1=O. The van der Waals surface area contributed by atoms with Gasteiger partial charge in [-0.05, 0) is 35.2 Å². The molecule has 1 N–H and O–H groups in total. The Morgan fingerprint density at radius 3 is 2.53 bits per heavy atom. The van der Waals surface area contributed by atoms with E-state index in [1.54, 1.807) is 6.20 Å². The van der Waals surface area contributed by atoms with Crippen LogP contribution in [0.15, 0.2) is 15.5 Å². The summed E-state index contributed by atoms with van der Waals surface area (Å²) in [4.78, 5) is 12.1. The van der Waals surface area contributed by atoms with E-state index in [0.29, 0.717) is 23.0 Å². The van der Waals surface area contributed by atoms with Crippen LogP contribution in [-0.2, 0) is 6.54 Å². The van der Waals surface area contributed by atoms with Gasteiger partial charge in [0.2, 0.25) is 0 Å². The van der Waals surface area contributed by atoms with Gasteiger partial charge in [0.25, 0.3) is 5.56 Å². The predicted octanol–water partition coefficient (Wildman–Crippen LogP) is 3.65. The molecule has 1 rings (SSSR count). The second-order valence-corrected chi connectivity index (χ2v) is 5.70. The molecule has 108 valence electrons. The lowest BCUT2D eigenvalue weighted by atomic mass is 9.95. The molecular weight excluding hydrogens is 306 g/mol. The summed E-state index contributed by atoms with van der Waals surface area (Å²) in [5.41, 5.74) is 0.723. The van der Waals surface area contributed by atoms with E-state index in [0.717, 1.165) is 24.9 Å². The number of hydrogen-bond acceptors (Lipinski definition) is 3. The Bertz CT molecular complexity index is 454. The van der Waals surface area contributed by atoms with Gasteiger partial charge >= 0.3 is 0 Å². The van der Waals surface area contributed by atoms with Crippen LogP contribution in [0.3, 0.4) is 0 Å². The highest BCUT2D eigenvalue weighted by Crippen LogP contribution is 2.21. The molecule has 1 aromatic rings. The maximum absolute atomic E-state index is 12.1. The molecule has 4 nitrogen and oxygen atoms in total. The van der Waals surface area contributed by atoms with E-state index in [1.165, 1.54) is 4.68 Å². The molecule has 0 amide bonds. The zero-order valence-corrected chi connectivity index (χ0v) is 13.8. The third-order valence-electron chi connectivity index (χ3n) is 3.56. The van der Waals surface area contributed by atoms with Gasteiger partial charge in [-0.15, -0.1) is 0 Å². The van der Waals surface area contributed by atoms with E-state index in [-0.39, 0.29) is 5.56 Å². The molecular formula is C14H24BrN3O. The van der Waals surface area contributed by atoms with Crippen LogP contribution in [0.4, 0.5) is 5.69 Å². The predicted molar refractivity (Wildman–Crippen MR) is 83.6 cm³/mol. The molecule has 0 saturated heterocycles. The summed E-state index contributed by atoms with van der Waals surface area (Å²) in [5, 5.41) is 7.60. The van der Waals surface area contributed by atoms with Gasteiger partial charge in [0.15, 0.2) is 0 Å². The van der Waals surface area contributed by atoms with E-state index in [4.69, 9.17) is 0 Å². The molecule has 0 aliphatic rings. The second-order valence-electron chi connectivity index (χ2n) is 4.91. The van der Waals surface area contributed by atoms with Crippen LogP contribution in [0.25, 0.3) is 0 Å². The van der Waals surface area contributed by atoms with Crippen molar-refractivity contribution in [1.29, 1.82) is 0 Å². The maximum Gasteiger partial charge on any atom is 0.283 e. The van der Waals surface area contributed by atoms with Crippen LogP contribution >= 0.6 is 15.9 Å². The fourth-order valence-electron chi connectivity index (χ4n) is 2.30. The first-order chi connectivity index (χ1) is 9.04. The van der Waals surface area contributed by atoms with E-state index in [1.807, 2.05) is 6.92 Å². The normalized spacial score (nSPS) is 12.7. The van der Waals surface area contributed by atoms with Gasteiger partial charge in [0.05, 0.1) is 11.9 Å². The minimum atomic E-state index is -0.0661. The van der Waals surface area contributed by atoms with Crippen LogP contribution in [0, 0.1) is 5.92 Å². The fourth-order valence-corrected chi connectivity index (χ4v) is 2.72. The Morgan fingerprint density at radius 2 is 2.00 bits per heavy atom. The molecule has 0 aromatic carbocycles. The number of nitrogens with one attached hydrogen (secondary N) is 1. The lowest BCUT2D eigenvalue weighted by Gasteiger charge is -2.24. The first-order valence-corrected chi connectivity index (χ1v) is 7.86. The Hall–Kier alpha value is -0.840. The van der Waals surface area contributed by atoms with Crippen molar-refractivity contribution < 1.29 is 0 Å². The van der Waals surface area contributed by atoms with Crippen molar-refractivity contribution in [2.24, 2.45) is 5.92 Å². The van der Waals surface area contributed by atoms with Crippen LogP contribution in [0.2, 0.25) is 0 Å². The molecule has 5 heteroatoms. The van der Waals surface area contributed by atoms with Crippen molar-refractivity contribution >= 4 is 21.6 Å². The van der Waals surface area contributed by atoms with E-state index < -0.39 is 0 Å². The Morgan fingerprint density at radius 1 is 1.37 bits per heavy atom. The maximum atomic E-state index is 12.1. The summed E-state index contributed by atoms with van der Waals surface area (Å²) in [6.07, 6.45) is 4.89. The zero-order chi connectivity index (χ0) is 14.4. The number of nitrogens with zero attached hydrogens (tertiary/aromatic N) is 2. The summed E-state index contributed by atoms with van der Waals surface area (Å²) in [6.45, 7) is 9.22. The molecule has 0 saturated carbocycles. The Balaban J connectivity index is 2.91. The number of aromatic nitrogens is 2. The van der Waals surface area contributed by atoms with Crippen LogP contribution in [-0.4, -0.2) is 15.8 Å². The number of halogens is 1. The van der Waals surface area contributed by atoms with E-state index in [2.05, 4.69) is 47.1 Å². The largest absolute Gasteiger partial charge is 0.380 e. The molecule has 19 heavy (non-hydrogen) atoms. The quantitative estimate of drug-likeness (QED) is 0.830. The minimum absolute atomic E-state index is 0.0661. The Kier molecular flexibility index (Phi) is 6.55. The number of aryl methyl sites for hydroxylation is 1. The smallest absolute Gasteiger partial charge is 0.283 e. The third-order valence-corrected chi connectivity index (χ3v) is 4.33. The van der Waals surface area contributed by atoms with Gasteiger partial charge < -0.3 is 5.32 Å². The van der Waals surface area contributed by atoms with Gasteiger partial charge in [-0.1, -0.05) is 33.6 Å². The topological polar surface area (TPSA) is 46.9 Å². The van der Waals surface area contributed by atoms with Crippen LogP contribution in [0.1, 0.15) is 47.0 Å². The molecule has 1 atom stereocenters. The van der Waals surface area contributed by atoms with Crippen molar-refractivity contribution in [3.8, 4) is 0 Å². The minimum Gasteiger partial charge on any atom is -0.380 e. The lowest BCUT2D eigenvalue weighted by Crippen LogP contribution is -2.29. The lowest BCUT2D eigenvalue weighted by molar-refractivity contribution is 0.437. The fraction of sp³-hybridized carbons (Fsp3) is 0.714. The van der Waals surface area contributed by atoms with Crippen molar-refractivity contribution in [3.63, 3.8) is 0 Å². The first-order valence-electron chi connectivity index (χ1n) is 7.07. The molecule has 0 fully saturated rings. The monoisotopic (exact) mass is 329 g/mol. The second kappa shape index (κ2) is 7.68. The third kappa shape index (κ3) is 4.06. The molecule has 1 aromatic heterocycles. The highest BCUT2D eigenvalue weighted by molar-refractivity contribution is 9.10. The first kappa shape index (κ1) is 16.2. The highest BCUT2D eigenvalue weighted by Gasteiger charge is 2.16. The molecule has 0 bridgehead atoms. The summed E-state index contributed by atoms with van der Waals surface area (Å²) in [7, 11) is 0. The molecule has 1 heterocycles. The van der Waals surface area contributed by atoms with Gasteiger partial charge in [-0.2, -0.15) is 5.10 Å². The number of hydrogen-bond donors (Lipinski definition) is 1. The standard InChI is InChI=1S/C14H24BrN3O/c1-5-8-18-14(19)13(15)12(9-16-18)17-10(4)11(6-2)7-3/h9-11,17H,5-8H2,1-4H3. The number of anilines is 1. The summed E-state index contributed by atoms with van der Waals surface area (Å²) < 4.78 is 2.07. The molecule has 1 unspecified atom stereocenters. The van der Waals surface area contributed by atoms with Crippen molar-refractivity contribution in [2.75, 3.05) is 5.32 Å². The highest BCUT2D eigenvalue weighted by atomic mass is 79.9. The molecule has 0 aliphatic heterocycles. The van der Waals surface area contributed by atoms with Gasteiger partial charge in [-0.3, -0.25) is 4.79 Å². The van der Waals surface area contributed by atoms with Gasteiger partial charge in [0.1, 0.15) is 4.47 Å². The van der Waals surface area contributed by atoms with Crippen molar-refractivity contribution in [1.82, 2.24) is 9.78 Å². The van der Waals surface area contributed by atoms with Gasteiger partial charge in [0, 0.05) is 12.6 Å². The van der Waals surface area contributed by atoms with E-state index in [9.17, 15) is 4.79 Å². The zero-order valence-electron chi connectivity index (χ0n) is 12.2. The van der Waals surface area contributed by atoms with Crippen LogP contribution < -0.4 is 10.9 Å². The van der Waals surface area contributed by atoms with Crippen molar-refractivity contribution in [2.45, 2.75) is 59.5 Å². The van der Waals surface area contributed by atoms with Crippen molar-refractivity contribution in [3.05, 3.63) is 21.0 Å². The summed E-state index contributed by atoms with van der Waals surface area (Å²) >= 11 is 3.39. The van der Waals surface area contributed by atoms with E-state index >= 15 is 0 Å². The summed E-state index contributed by atoms with van der Waals surface area (Å²) in [6, 6.07) is 0.328. The molecule has 0 aliphatic carbocycles. The number of rotatable bonds is 7. The average molecular weight is 330 g/mol. The Labute approximate surface area is 123 Å². The molecule has 0 radical (unpaired) electrons. The van der Waals surface area contributed by atoms with Crippen LogP contribution in [0.5, 0.6) is 0 Å².